The monoisotopic (exact) mass is 358 g/mol. The topological polar surface area (TPSA) is 59.6 Å². The predicted molar refractivity (Wildman–Crippen MR) is 100 cm³/mol. The number of carbonyl (C=O) groups is 1. The van der Waals surface area contributed by atoms with Crippen molar-refractivity contribution >= 4 is 18.3 Å². The SMILES string of the molecule is COCCNCCNC(=O)C(C)Oc1cc(C)ccc1C(C)C.Cl. The Hall–Kier alpha value is -1.30. The second kappa shape index (κ2) is 12.1. The number of halogens is 1. The van der Waals surface area contributed by atoms with Gasteiger partial charge in [0.25, 0.3) is 5.91 Å². The predicted octanol–water partition coefficient (Wildman–Crippen LogP) is 2.66. The Labute approximate surface area is 151 Å². The fourth-order valence-corrected chi connectivity index (χ4v) is 2.18. The summed E-state index contributed by atoms with van der Waals surface area (Å²) in [6.45, 7) is 10.8. The van der Waals surface area contributed by atoms with Gasteiger partial charge in [-0.25, -0.2) is 0 Å². The average molecular weight is 359 g/mol. The molecule has 0 aliphatic rings. The second-order valence-electron chi connectivity index (χ2n) is 5.99. The van der Waals surface area contributed by atoms with Gasteiger partial charge in [0, 0.05) is 26.7 Å². The minimum absolute atomic E-state index is 0. The molecule has 5 nitrogen and oxygen atoms in total. The average Bonchev–Trinajstić information content (AvgIpc) is 2.50. The zero-order chi connectivity index (χ0) is 17.2. The lowest BCUT2D eigenvalue weighted by atomic mass is 10.0. The summed E-state index contributed by atoms with van der Waals surface area (Å²) in [5, 5.41) is 6.06. The van der Waals surface area contributed by atoms with Gasteiger partial charge < -0.3 is 20.1 Å². The minimum Gasteiger partial charge on any atom is -0.481 e. The number of nitrogens with one attached hydrogen (secondary N) is 2. The van der Waals surface area contributed by atoms with Crippen LogP contribution in [0.15, 0.2) is 18.2 Å². The molecule has 0 heterocycles. The Balaban J connectivity index is 0.00000529. The highest BCUT2D eigenvalue weighted by Gasteiger charge is 2.17. The largest absolute Gasteiger partial charge is 0.481 e. The molecule has 0 fully saturated rings. The first-order valence-electron chi connectivity index (χ1n) is 8.20. The maximum atomic E-state index is 12.1. The van der Waals surface area contributed by atoms with E-state index in [1.807, 2.05) is 13.0 Å². The van der Waals surface area contributed by atoms with E-state index >= 15 is 0 Å². The number of ether oxygens (including phenoxy) is 2. The van der Waals surface area contributed by atoms with Gasteiger partial charge in [0.05, 0.1) is 6.61 Å². The van der Waals surface area contributed by atoms with Crippen LogP contribution in [-0.2, 0) is 9.53 Å². The van der Waals surface area contributed by atoms with Gasteiger partial charge in [-0.3, -0.25) is 4.79 Å². The van der Waals surface area contributed by atoms with Crippen LogP contribution in [-0.4, -0.2) is 45.4 Å². The van der Waals surface area contributed by atoms with Crippen molar-refractivity contribution in [1.29, 1.82) is 0 Å². The van der Waals surface area contributed by atoms with Crippen molar-refractivity contribution < 1.29 is 14.3 Å². The minimum atomic E-state index is -0.520. The normalized spacial score (nSPS) is 11.8. The number of methoxy groups -OCH3 is 1. The number of hydrogen-bond acceptors (Lipinski definition) is 4. The summed E-state index contributed by atoms with van der Waals surface area (Å²) >= 11 is 0. The first-order chi connectivity index (χ1) is 11.0. The molecule has 1 aromatic rings. The van der Waals surface area contributed by atoms with Gasteiger partial charge in [-0.1, -0.05) is 26.0 Å². The lowest BCUT2D eigenvalue weighted by Crippen LogP contribution is -2.40. The van der Waals surface area contributed by atoms with Crippen LogP contribution in [0.25, 0.3) is 0 Å². The number of rotatable bonds is 10. The van der Waals surface area contributed by atoms with E-state index < -0.39 is 6.10 Å². The molecule has 0 spiro atoms. The lowest BCUT2D eigenvalue weighted by molar-refractivity contribution is -0.127. The van der Waals surface area contributed by atoms with E-state index in [2.05, 4.69) is 36.6 Å². The summed E-state index contributed by atoms with van der Waals surface area (Å²) in [4.78, 5) is 12.1. The van der Waals surface area contributed by atoms with Crippen LogP contribution >= 0.6 is 12.4 Å². The molecule has 0 bridgehead atoms. The van der Waals surface area contributed by atoms with E-state index in [1.54, 1.807) is 14.0 Å². The lowest BCUT2D eigenvalue weighted by Gasteiger charge is -2.19. The van der Waals surface area contributed by atoms with Gasteiger partial charge in [0.2, 0.25) is 0 Å². The Morgan fingerprint density at radius 1 is 1.17 bits per heavy atom. The molecule has 1 amide bonds. The molecule has 1 aromatic carbocycles. The van der Waals surface area contributed by atoms with E-state index in [0.717, 1.165) is 23.4 Å². The number of amides is 1. The third kappa shape index (κ3) is 7.99. The quantitative estimate of drug-likeness (QED) is 0.631. The zero-order valence-electron chi connectivity index (χ0n) is 15.3. The van der Waals surface area contributed by atoms with Crippen LogP contribution in [0.2, 0.25) is 0 Å². The molecule has 0 aliphatic carbocycles. The van der Waals surface area contributed by atoms with Gasteiger partial charge in [0.15, 0.2) is 6.10 Å². The van der Waals surface area contributed by atoms with Gasteiger partial charge in [-0.15, -0.1) is 12.4 Å². The highest BCUT2D eigenvalue weighted by atomic mass is 35.5. The fourth-order valence-electron chi connectivity index (χ4n) is 2.18. The summed E-state index contributed by atoms with van der Waals surface area (Å²) < 4.78 is 10.8. The Morgan fingerprint density at radius 3 is 2.50 bits per heavy atom. The van der Waals surface area contributed by atoms with Crippen LogP contribution in [0.4, 0.5) is 0 Å². The molecule has 1 rings (SSSR count). The molecule has 0 saturated heterocycles. The smallest absolute Gasteiger partial charge is 0.260 e. The molecule has 1 atom stereocenters. The molecular formula is C18H31ClN2O3. The number of aryl methyl sites for hydroxylation is 1. The molecule has 1 unspecified atom stereocenters. The van der Waals surface area contributed by atoms with Gasteiger partial charge >= 0.3 is 0 Å². The third-order valence-electron chi connectivity index (χ3n) is 3.55. The van der Waals surface area contributed by atoms with Crippen molar-refractivity contribution in [3.63, 3.8) is 0 Å². The fraction of sp³-hybridized carbons (Fsp3) is 0.611. The highest BCUT2D eigenvalue weighted by molar-refractivity contribution is 5.85. The van der Waals surface area contributed by atoms with Crippen LogP contribution in [0.5, 0.6) is 5.75 Å². The molecule has 0 aromatic heterocycles. The molecule has 0 aliphatic heterocycles. The van der Waals surface area contributed by atoms with Gasteiger partial charge in [-0.2, -0.15) is 0 Å². The van der Waals surface area contributed by atoms with E-state index in [-0.39, 0.29) is 18.3 Å². The van der Waals surface area contributed by atoms with Crippen molar-refractivity contribution in [3.05, 3.63) is 29.3 Å². The molecule has 24 heavy (non-hydrogen) atoms. The van der Waals surface area contributed by atoms with Gasteiger partial charge in [0.1, 0.15) is 5.75 Å². The van der Waals surface area contributed by atoms with E-state index in [0.29, 0.717) is 25.6 Å². The summed E-state index contributed by atoms with van der Waals surface area (Å²) in [6.07, 6.45) is -0.520. The summed E-state index contributed by atoms with van der Waals surface area (Å²) in [7, 11) is 1.67. The number of benzene rings is 1. The first-order valence-corrected chi connectivity index (χ1v) is 8.20. The Bertz CT molecular complexity index is 495. The van der Waals surface area contributed by atoms with E-state index in [4.69, 9.17) is 9.47 Å². The number of hydrogen-bond donors (Lipinski definition) is 2. The van der Waals surface area contributed by atoms with Gasteiger partial charge in [-0.05, 0) is 37.0 Å². The van der Waals surface area contributed by atoms with Crippen molar-refractivity contribution in [3.8, 4) is 5.75 Å². The van der Waals surface area contributed by atoms with E-state index in [9.17, 15) is 4.79 Å². The van der Waals surface area contributed by atoms with Crippen molar-refractivity contribution in [2.45, 2.75) is 39.7 Å². The maximum absolute atomic E-state index is 12.1. The van der Waals surface area contributed by atoms with Crippen LogP contribution in [0.1, 0.15) is 37.8 Å². The van der Waals surface area contributed by atoms with Crippen LogP contribution in [0.3, 0.4) is 0 Å². The summed E-state index contributed by atoms with van der Waals surface area (Å²) in [6, 6.07) is 6.13. The maximum Gasteiger partial charge on any atom is 0.260 e. The van der Waals surface area contributed by atoms with Crippen LogP contribution < -0.4 is 15.4 Å². The first kappa shape index (κ1) is 22.7. The standard InChI is InChI=1S/C18H30N2O3.ClH/c1-13(2)16-7-6-14(3)12-17(16)23-15(4)18(21)20-9-8-19-10-11-22-5;/h6-7,12-13,15,19H,8-11H2,1-5H3,(H,20,21);1H. The third-order valence-corrected chi connectivity index (χ3v) is 3.55. The van der Waals surface area contributed by atoms with Crippen molar-refractivity contribution in [1.82, 2.24) is 10.6 Å². The highest BCUT2D eigenvalue weighted by Crippen LogP contribution is 2.28. The summed E-state index contributed by atoms with van der Waals surface area (Å²) in [5.74, 6) is 1.04. The molecule has 0 saturated carbocycles. The summed E-state index contributed by atoms with van der Waals surface area (Å²) in [5.41, 5.74) is 2.25. The molecule has 2 N–H and O–H groups in total. The zero-order valence-corrected chi connectivity index (χ0v) is 16.2. The Morgan fingerprint density at radius 2 is 1.88 bits per heavy atom. The number of carbonyl (C=O) groups excluding carboxylic acids is 1. The van der Waals surface area contributed by atoms with E-state index in [1.165, 1.54) is 0 Å². The second-order valence-corrected chi connectivity index (χ2v) is 5.99. The van der Waals surface area contributed by atoms with Crippen molar-refractivity contribution in [2.24, 2.45) is 0 Å². The molecule has 6 heteroatoms. The van der Waals surface area contributed by atoms with Crippen LogP contribution in [0, 0.1) is 6.92 Å². The Kier molecular flexibility index (Phi) is 11.5. The van der Waals surface area contributed by atoms with Crippen molar-refractivity contribution in [2.75, 3.05) is 33.4 Å². The molecular weight excluding hydrogens is 328 g/mol. The molecule has 0 radical (unpaired) electrons. The molecule has 138 valence electrons.